The zero-order chi connectivity index (χ0) is 17.5. The number of para-hydroxylation sites is 1. The molecule has 0 radical (unpaired) electrons. The smallest absolute Gasteiger partial charge is 0.252 e. The SMILES string of the molecule is COc1ccccc1CNC(=O)c1ccccc1SC[C@@H]1CCCO1. The van der Waals surface area contributed by atoms with Crippen molar-refractivity contribution in [1.29, 1.82) is 0 Å². The molecule has 1 fully saturated rings. The van der Waals surface area contributed by atoms with Crippen LogP contribution in [-0.4, -0.2) is 31.5 Å². The van der Waals surface area contributed by atoms with Gasteiger partial charge in [0.2, 0.25) is 0 Å². The molecule has 0 saturated carbocycles. The van der Waals surface area contributed by atoms with Crippen LogP contribution in [0.1, 0.15) is 28.8 Å². The van der Waals surface area contributed by atoms with Gasteiger partial charge in [-0.15, -0.1) is 11.8 Å². The van der Waals surface area contributed by atoms with E-state index in [4.69, 9.17) is 9.47 Å². The summed E-state index contributed by atoms with van der Waals surface area (Å²) in [6, 6.07) is 15.4. The van der Waals surface area contributed by atoms with Crippen LogP contribution in [0.25, 0.3) is 0 Å². The molecule has 132 valence electrons. The number of ether oxygens (including phenoxy) is 2. The molecule has 1 amide bonds. The van der Waals surface area contributed by atoms with Crippen LogP contribution >= 0.6 is 11.8 Å². The Morgan fingerprint density at radius 1 is 1.24 bits per heavy atom. The first kappa shape index (κ1) is 17.8. The highest BCUT2D eigenvalue weighted by atomic mass is 32.2. The van der Waals surface area contributed by atoms with Crippen LogP contribution in [0.4, 0.5) is 0 Å². The van der Waals surface area contributed by atoms with Gasteiger partial charge in [-0.25, -0.2) is 0 Å². The van der Waals surface area contributed by atoms with E-state index in [2.05, 4.69) is 5.32 Å². The molecule has 1 atom stereocenters. The van der Waals surface area contributed by atoms with Gasteiger partial charge in [-0.3, -0.25) is 4.79 Å². The molecule has 1 saturated heterocycles. The Hall–Kier alpha value is -1.98. The standard InChI is InChI=1S/C20H23NO3S/c1-23-18-10-4-2-7-15(18)13-21-20(22)17-9-3-5-11-19(17)25-14-16-8-6-12-24-16/h2-5,7,9-11,16H,6,8,12-14H2,1H3,(H,21,22)/t16-/m0/s1. The molecule has 25 heavy (non-hydrogen) atoms. The molecule has 1 heterocycles. The maximum absolute atomic E-state index is 12.6. The van der Waals surface area contributed by atoms with Crippen molar-refractivity contribution in [2.75, 3.05) is 19.5 Å². The minimum absolute atomic E-state index is 0.0682. The highest BCUT2D eigenvalue weighted by Gasteiger charge is 2.18. The highest BCUT2D eigenvalue weighted by Crippen LogP contribution is 2.27. The van der Waals surface area contributed by atoms with Crippen molar-refractivity contribution in [2.24, 2.45) is 0 Å². The van der Waals surface area contributed by atoms with E-state index in [1.165, 1.54) is 0 Å². The largest absolute Gasteiger partial charge is 0.496 e. The molecule has 0 unspecified atom stereocenters. The predicted molar refractivity (Wildman–Crippen MR) is 100 cm³/mol. The summed E-state index contributed by atoms with van der Waals surface area (Å²) in [5.41, 5.74) is 1.67. The summed E-state index contributed by atoms with van der Waals surface area (Å²) in [5.74, 6) is 1.60. The van der Waals surface area contributed by atoms with Gasteiger partial charge in [0.05, 0.1) is 18.8 Å². The van der Waals surface area contributed by atoms with Crippen LogP contribution in [-0.2, 0) is 11.3 Å². The molecule has 2 aromatic rings. The van der Waals surface area contributed by atoms with E-state index < -0.39 is 0 Å². The zero-order valence-electron chi connectivity index (χ0n) is 14.4. The maximum atomic E-state index is 12.6. The molecule has 1 aliphatic rings. The third-order valence-corrected chi connectivity index (χ3v) is 5.42. The Morgan fingerprint density at radius 3 is 2.84 bits per heavy atom. The number of methoxy groups -OCH3 is 1. The molecule has 0 bridgehead atoms. The van der Waals surface area contributed by atoms with Crippen molar-refractivity contribution in [3.05, 3.63) is 59.7 Å². The van der Waals surface area contributed by atoms with Crippen molar-refractivity contribution in [3.63, 3.8) is 0 Å². The molecule has 1 aliphatic heterocycles. The van der Waals surface area contributed by atoms with E-state index in [1.54, 1.807) is 18.9 Å². The number of hydrogen-bond donors (Lipinski definition) is 1. The summed E-state index contributed by atoms with van der Waals surface area (Å²) >= 11 is 1.69. The molecule has 1 N–H and O–H groups in total. The summed E-state index contributed by atoms with van der Waals surface area (Å²) in [5, 5.41) is 2.99. The van der Waals surface area contributed by atoms with E-state index in [0.717, 1.165) is 41.4 Å². The Morgan fingerprint density at radius 2 is 2.04 bits per heavy atom. The normalized spacial score (nSPS) is 16.6. The lowest BCUT2D eigenvalue weighted by Gasteiger charge is -2.13. The highest BCUT2D eigenvalue weighted by molar-refractivity contribution is 7.99. The zero-order valence-corrected chi connectivity index (χ0v) is 15.2. The topological polar surface area (TPSA) is 47.6 Å². The van der Waals surface area contributed by atoms with Gasteiger partial charge in [0, 0.05) is 29.4 Å². The van der Waals surface area contributed by atoms with Crippen LogP contribution in [0.5, 0.6) is 5.75 Å². The van der Waals surface area contributed by atoms with Crippen molar-refractivity contribution < 1.29 is 14.3 Å². The van der Waals surface area contributed by atoms with Gasteiger partial charge in [-0.2, -0.15) is 0 Å². The first-order chi connectivity index (χ1) is 12.3. The monoisotopic (exact) mass is 357 g/mol. The number of hydrogen-bond acceptors (Lipinski definition) is 4. The summed E-state index contributed by atoms with van der Waals surface area (Å²) in [6.45, 7) is 1.29. The van der Waals surface area contributed by atoms with Gasteiger partial charge < -0.3 is 14.8 Å². The third kappa shape index (κ3) is 4.77. The first-order valence-corrected chi connectivity index (χ1v) is 9.50. The average Bonchev–Trinajstić information content (AvgIpc) is 3.18. The lowest BCUT2D eigenvalue weighted by atomic mass is 10.1. The van der Waals surface area contributed by atoms with Gasteiger partial charge in [-0.1, -0.05) is 30.3 Å². The third-order valence-electron chi connectivity index (χ3n) is 4.21. The number of nitrogens with one attached hydrogen (secondary N) is 1. The van der Waals surface area contributed by atoms with Crippen molar-refractivity contribution >= 4 is 17.7 Å². The van der Waals surface area contributed by atoms with Gasteiger partial charge in [-0.05, 0) is 31.0 Å². The summed E-state index contributed by atoms with van der Waals surface area (Å²) in [6.07, 6.45) is 2.54. The molecule has 0 aliphatic carbocycles. The van der Waals surface area contributed by atoms with E-state index in [-0.39, 0.29) is 5.91 Å². The van der Waals surface area contributed by atoms with Crippen LogP contribution in [0.2, 0.25) is 0 Å². The number of thioether (sulfide) groups is 1. The van der Waals surface area contributed by atoms with Crippen molar-refractivity contribution in [2.45, 2.75) is 30.4 Å². The Balaban J connectivity index is 1.63. The van der Waals surface area contributed by atoms with E-state index in [0.29, 0.717) is 18.2 Å². The molecule has 0 aromatic heterocycles. The molecular weight excluding hydrogens is 334 g/mol. The molecule has 3 rings (SSSR count). The fourth-order valence-corrected chi connectivity index (χ4v) is 3.98. The predicted octanol–water partition coefficient (Wildman–Crippen LogP) is 3.90. The number of benzene rings is 2. The van der Waals surface area contributed by atoms with Gasteiger partial charge in [0.1, 0.15) is 5.75 Å². The van der Waals surface area contributed by atoms with E-state index in [1.807, 2.05) is 48.5 Å². The number of carbonyl (C=O) groups excluding carboxylic acids is 1. The van der Waals surface area contributed by atoms with Crippen molar-refractivity contribution in [1.82, 2.24) is 5.32 Å². The first-order valence-electron chi connectivity index (χ1n) is 8.51. The maximum Gasteiger partial charge on any atom is 0.252 e. The Labute approximate surface area is 152 Å². The summed E-state index contributed by atoms with van der Waals surface area (Å²) in [7, 11) is 1.64. The fraction of sp³-hybridized carbons (Fsp3) is 0.350. The van der Waals surface area contributed by atoms with Crippen LogP contribution in [0.3, 0.4) is 0 Å². The lowest BCUT2D eigenvalue weighted by molar-refractivity contribution is 0.0947. The van der Waals surface area contributed by atoms with Crippen LogP contribution < -0.4 is 10.1 Å². The minimum atomic E-state index is -0.0682. The average molecular weight is 357 g/mol. The van der Waals surface area contributed by atoms with Crippen LogP contribution in [0.15, 0.2) is 53.4 Å². The number of amides is 1. The summed E-state index contributed by atoms with van der Waals surface area (Å²) < 4.78 is 11.0. The molecule has 4 nitrogen and oxygen atoms in total. The summed E-state index contributed by atoms with van der Waals surface area (Å²) in [4.78, 5) is 13.6. The number of carbonyl (C=O) groups is 1. The minimum Gasteiger partial charge on any atom is -0.496 e. The van der Waals surface area contributed by atoms with Gasteiger partial charge in [0.15, 0.2) is 0 Å². The fourth-order valence-electron chi connectivity index (χ4n) is 2.86. The Kier molecular flexibility index (Phi) is 6.36. The second kappa shape index (κ2) is 8.92. The van der Waals surface area contributed by atoms with E-state index in [9.17, 15) is 4.79 Å². The van der Waals surface area contributed by atoms with Gasteiger partial charge >= 0.3 is 0 Å². The van der Waals surface area contributed by atoms with Crippen LogP contribution in [0, 0.1) is 0 Å². The Bertz CT molecular complexity index is 714. The lowest BCUT2D eigenvalue weighted by Crippen LogP contribution is -2.23. The molecule has 2 aromatic carbocycles. The second-order valence-corrected chi connectivity index (χ2v) is 7.00. The van der Waals surface area contributed by atoms with Gasteiger partial charge in [0.25, 0.3) is 5.91 Å². The van der Waals surface area contributed by atoms with E-state index >= 15 is 0 Å². The van der Waals surface area contributed by atoms with Crippen molar-refractivity contribution in [3.8, 4) is 5.75 Å². The molecule has 0 spiro atoms. The molecule has 5 heteroatoms. The number of rotatable bonds is 7. The second-order valence-electron chi connectivity index (χ2n) is 5.94. The molecular formula is C20H23NO3S. The quantitative estimate of drug-likeness (QED) is 0.764.